The normalized spacial score (nSPS) is 9.92. The zero-order valence-corrected chi connectivity index (χ0v) is 39.3. The number of ether oxygens (including phenoxy) is 7. The zero-order valence-electron chi connectivity index (χ0n) is 31.0. The first-order valence-corrected chi connectivity index (χ1v) is 21.9. The number of esters is 2. The zero-order chi connectivity index (χ0) is 47.6. The summed E-state index contributed by atoms with van der Waals surface area (Å²) >= 11 is 46.0. The summed E-state index contributed by atoms with van der Waals surface area (Å²) in [5.41, 5.74) is 0. The van der Waals surface area contributed by atoms with Gasteiger partial charge in [-0.15, -0.1) is 0 Å². The third-order valence-corrected chi connectivity index (χ3v) is 7.56. The summed E-state index contributed by atoms with van der Waals surface area (Å²) in [4.78, 5) is 64.0. The van der Waals surface area contributed by atoms with Gasteiger partial charge in [-0.25, -0.2) is 23.4 Å². The Morgan fingerprint density at radius 3 is 1.03 bits per heavy atom. The summed E-state index contributed by atoms with van der Waals surface area (Å²) in [6.07, 6.45) is 0. The molecule has 0 aliphatic carbocycles. The van der Waals surface area contributed by atoms with Crippen molar-refractivity contribution in [2.75, 3.05) is 39.6 Å². The van der Waals surface area contributed by atoms with Gasteiger partial charge in [0.05, 0.1) is 10.0 Å². The van der Waals surface area contributed by atoms with Crippen LogP contribution in [0.15, 0.2) is 72.8 Å². The number of hydrogen-bond acceptors (Lipinski definition) is 14. The van der Waals surface area contributed by atoms with Crippen molar-refractivity contribution in [1.82, 2.24) is 0 Å². The van der Waals surface area contributed by atoms with Crippen LogP contribution in [0.4, 0.5) is 0 Å². The second-order valence-corrected chi connectivity index (χ2v) is 16.6. The number of halogens is 10. The molecule has 0 unspecified atom stereocenters. The van der Waals surface area contributed by atoms with Crippen molar-refractivity contribution in [2.45, 2.75) is 7.43 Å². The Morgan fingerprint density at radius 1 is 0.453 bits per heavy atom. The van der Waals surface area contributed by atoms with Crippen LogP contribution in [0.2, 0.25) is 30.1 Å². The molecule has 0 saturated carbocycles. The Bertz CT molecular complexity index is 2050. The molecule has 0 aliphatic rings. The molecule has 0 heterocycles. The van der Waals surface area contributed by atoms with E-state index < -0.39 is 70.0 Å². The van der Waals surface area contributed by atoms with Crippen LogP contribution < -0.4 is 18.9 Å². The molecule has 0 spiro atoms. The molecule has 0 fully saturated rings. The van der Waals surface area contributed by atoms with Gasteiger partial charge in [0.2, 0.25) is 19.7 Å². The number of carboxylic acid groups (broad SMARTS) is 2. The van der Waals surface area contributed by atoms with E-state index in [1.807, 2.05) is 0 Å². The van der Waals surface area contributed by atoms with E-state index in [9.17, 15) is 28.8 Å². The monoisotopic (exact) mass is 1110 g/mol. The van der Waals surface area contributed by atoms with Gasteiger partial charge in [0, 0.05) is 53.6 Å². The van der Waals surface area contributed by atoms with Gasteiger partial charge in [0.1, 0.15) is 51.1 Å². The van der Waals surface area contributed by atoms with Crippen LogP contribution in [-0.2, 0) is 52.2 Å². The Morgan fingerprint density at radius 2 is 0.734 bits per heavy atom. The van der Waals surface area contributed by atoms with Gasteiger partial charge in [0.15, 0.2) is 23.0 Å². The van der Waals surface area contributed by atoms with E-state index >= 15 is 0 Å². The maximum absolute atomic E-state index is 12.4. The highest BCUT2D eigenvalue weighted by Crippen LogP contribution is 2.39. The molecule has 16 nitrogen and oxygen atoms in total. The van der Waals surface area contributed by atoms with Gasteiger partial charge in [-0.3, -0.25) is 9.59 Å². The Kier molecular flexibility index (Phi) is 31.4. The second kappa shape index (κ2) is 33.2. The summed E-state index contributed by atoms with van der Waals surface area (Å²) in [6.45, 7) is -2.87. The number of hydrogen-bond donors (Lipinski definition) is 2. The van der Waals surface area contributed by atoms with Crippen LogP contribution in [0.1, 0.15) is 7.43 Å². The number of carboxylic acids is 2. The lowest BCUT2D eigenvalue weighted by Crippen LogP contribution is -2.21. The average molecular weight is 1120 g/mol. The lowest BCUT2D eigenvalue weighted by molar-refractivity contribution is -0.149. The maximum atomic E-state index is 12.4. The maximum Gasteiger partial charge on any atom is 0.337 e. The molecule has 27 heteroatoms. The van der Waals surface area contributed by atoms with Crippen molar-refractivity contribution in [2.24, 2.45) is 0 Å². The third-order valence-electron chi connectivity index (χ3n) is 5.81. The molecule has 0 saturated heterocycles. The van der Waals surface area contributed by atoms with E-state index in [0.717, 1.165) is 0 Å². The highest BCUT2D eigenvalue weighted by molar-refractivity contribution is 8.26. The van der Waals surface area contributed by atoms with E-state index in [4.69, 9.17) is 131 Å². The van der Waals surface area contributed by atoms with Crippen LogP contribution in [0, 0.1) is 0 Å². The number of carbonyl (C=O) groups excluding carboxylic acids is 4. The summed E-state index contributed by atoms with van der Waals surface area (Å²) in [5.74, 6) is -3.15. The molecule has 0 aromatic heterocycles. The topological polar surface area (TPSA) is 225 Å². The first kappa shape index (κ1) is 60.6. The summed E-state index contributed by atoms with van der Waals surface area (Å²) in [6, 6.07) is 18.1. The Hall–Kier alpha value is -3.37. The van der Waals surface area contributed by atoms with Crippen molar-refractivity contribution in [1.29, 1.82) is 0 Å². The molecule has 2 N–H and O–H groups in total. The minimum atomic E-state index is -1.67. The van der Waals surface area contributed by atoms with Crippen LogP contribution in [-0.4, -0.2) is 88.4 Å². The van der Waals surface area contributed by atoms with E-state index in [1.165, 1.54) is 36.4 Å². The van der Waals surface area contributed by atoms with E-state index in [2.05, 4.69) is 30.8 Å². The number of carbonyl (C=O) groups is 6. The fourth-order valence-electron chi connectivity index (χ4n) is 3.60. The minimum Gasteiger partial charge on any atom is -0.480 e. The Labute approximate surface area is 415 Å². The molecule has 0 amide bonds. The van der Waals surface area contributed by atoms with Gasteiger partial charge in [-0.05, 0) is 83.9 Å². The number of rotatable bonds is 18. The van der Waals surface area contributed by atoms with Crippen LogP contribution in [0.3, 0.4) is 0 Å². The smallest absolute Gasteiger partial charge is 0.337 e. The number of benzene rings is 4. The quantitative estimate of drug-likeness (QED) is 0.0537. The summed E-state index contributed by atoms with van der Waals surface area (Å²) in [7, 11) is 7.36. The predicted octanol–water partition coefficient (Wildman–Crippen LogP) is 11.1. The second-order valence-electron chi connectivity index (χ2n) is 10.6. The largest absolute Gasteiger partial charge is 0.480 e. The minimum absolute atomic E-state index is 0. The molecular formula is C37H30Cl10O16S. The SMILES string of the molecule is C.O=C(COCC(=O)Oc1cc(Cl)ccc1Oc1ccc(Cl)cc1Cl)Oc1cc(Cl)ccc1Oc1ccc(Cl)cc1Cl.O=C(Cl)COCC(=O)Cl.O=C(O)COCC(=O)O.O=S(Cl)Cl. The summed E-state index contributed by atoms with van der Waals surface area (Å²) < 4.78 is 45.0. The van der Waals surface area contributed by atoms with Gasteiger partial charge < -0.3 is 43.4 Å². The third kappa shape index (κ3) is 28.5. The molecule has 4 aromatic rings. The van der Waals surface area contributed by atoms with Crippen LogP contribution in [0.5, 0.6) is 34.5 Å². The number of aliphatic carboxylic acids is 2. The highest BCUT2D eigenvalue weighted by atomic mass is 36.0. The lowest BCUT2D eigenvalue weighted by Gasteiger charge is -2.14. The Balaban J connectivity index is 0.00000142. The molecule has 4 aromatic carbocycles. The van der Waals surface area contributed by atoms with Gasteiger partial charge >= 0.3 is 23.9 Å². The van der Waals surface area contributed by atoms with Crippen molar-refractivity contribution in [3.63, 3.8) is 0 Å². The van der Waals surface area contributed by atoms with Crippen molar-refractivity contribution < 1.29 is 76.3 Å². The average Bonchev–Trinajstić information content (AvgIpc) is 3.15. The fraction of sp³-hybridized carbons (Fsp3) is 0.189. The van der Waals surface area contributed by atoms with Gasteiger partial charge in [-0.2, -0.15) is 0 Å². The molecule has 0 atom stereocenters. The predicted molar refractivity (Wildman–Crippen MR) is 243 cm³/mol. The molecule has 4 rings (SSSR count). The van der Waals surface area contributed by atoms with Crippen molar-refractivity contribution in [3.05, 3.63) is 103 Å². The van der Waals surface area contributed by atoms with Crippen LogP contribution >= 0.6 is 114 Å². The van der Waals surface area contributed by atoms with E-state index in [-0.39, 0.29) is 75.2 Å². The molecular weight excluding hydrogens is 1090 g/mol. The molecule has 350 valence electrons. The summed E-state index contributed by atoms with van der Waals surface area (Å²) in [5, 5.41) is 16.4. The van der Waals surface area contributed by atoms with Crippen molar-refractivity contribution in [3.8, 4) is 34.5 Å². The molecule has 0 bridgehead atoms. The standard InChI is InChI=1S/C28H16Cl6O7.C4H4Cl2O3.C4H6O5.CH4.Cl2OS/c29-15-1-5-21(19(33)9-15)38-23-7-3-17(31)11-25(23)40-27(35)13-37-14-28(36)41-26-12-18(32)4-8-24(26)39-22-6-2-16(30)10-20(22)34;5-3(7)1-9-2-4(6)8;5-3(6)1-9-2-4(7)8;;1-4(2)3/h1-12H,13-14H2;1-2H2;1-2H2,(H,5,6)(H,7,8);1H4;. The molecule has 0 radical (unpaired) electrons. The van der Waals surface area contributed by atoms with Gasteiger partial charge in [0.25, 0.3) is 0 Å². The fourth-order valence-corrected chi connectivity index (χ4v) is 4.98. The first-order chi connectivity index (χ1) is 29.6. The van der Waals surface area contributed by atoms with E-state index in [0.29, 0.717) is 10.0 Å². The highest BCUT2D eigenvalue weighted by Gasteiger charge is 2.17. The lowest BCUT2D eigenvalue weighted by atomic mass is 10.3. The van der Waals surface area contributed by atoms with E-state index in [1.54, 1.807) is 36.4 Å². The molecule has 64 heavy (non-hydrogen) atoms. The van der Waals surface area contributed by atoms with Gasteiger partial charge in [-0.1, -0.05) is 77.0 Å². The first-order valence-electron chi connectivity index (χ1n) is 16.1. The molecule has 0 aliphatic heterocycles. The van der Waals surface area contributed by atoms with Crippen molar-refractivity contribution >= 4 is 158 Å². The van der Waals surface area contributed by atoms with Crippen LogP contribution in [0.25, 0.3) is 0 Å².